The summed E-state index contributed by atoms with van der Waals surface area (Å²) in [5.41, 5.74) is 2.09. The summed E-state index contributed by atoms with van der Waals surface area (Å²) in [7, 11) is 0. The van der Waals surface area contributed by atoms with Gasteiger partial charge in [-0.25, -0.2) is 4.98 Å². The third kappa shape index (κ3) is 4.45. The Morgan fingerprint density at radius 2 is 1.56 bits per heavy atom. The zero-order valence-electron chi connectivity index (χ0n) is 17.6. The van der Waals surface area contributed by atoms with Crippen molar-refractivity contribution in [1.82, 2.24) is 24.9 Å². The lowest BCUT2D eigenvalue weighted by Crippen LogP contribution is -2.35. The highest BCUT2D eigenvalue weighted by atomic mass is 16.5. The van der Waals surface area contributed by atoms with Crippen molar-refractivity contribution in [3.8, 4) is 22.9 Å². The summed E-state index contributed by atoms with van der Waals surface area (Å²) in [6.07, 6.45) is 2.30. The van der Waals surface area contributed by atoms with Gasteiger partial charge in [0.05, 0.1) is 6.54 Å². The van der Waals surface area contributed by atoms with Gasteiger partial charge < -0.3 is 13.8 Å². The van der Waals surface area contributed by atoms with Crippen LogP contribution in [0, 0.1) is 0 Å². The molecule has 1 fully saturated rings. The van der Waals surface area contributed by atoms with Crippen molar-refractivity contribution < 1.29 is 13.7 Å². The molecule has 0 spiro atoms. The Morgan fingerprint density at radius 3 is 2.31 bits per heavy atom. The molecule has 1 amide bonds. The highest BCUT2D eigenvalue weighted by Gasteiger charge is 2.24. The molecule has 1 saturated heterocycles. The van der Waals surface area contributed by atoms with Crippen LogP contribution in [0.4, 0.5) is 0 Å². The molecule has 8 heteroatoms. The van der Waals surface area contributed by atoms with Gasteiger partial charge in [0.15, 0.2) is 11.5 Å². The highest BCUT2D eigenvalue weighted by Crippen LogP contribution is 2.20. The van der Waals surface area contributed by atoms with Crippen LogP contribution in [0.2, 0.25) is 0 Å². The van der Waals surface area contributed by atoms with Crippen molar-refractivity contribution in [2.24, 2.45) is 0 Å². The SMILES string of the molecule is O=C(c1coc(-c2ccccc2)n1)N1CCCN(Cc2noc(-c3ccccc3)n2)CC1. The van der Waals surface area contributed by atoms with Crippen molar-refractivity contribution in [3.63, 3.8) is 0 Å². The number of hydrogen-bond acceptors (Lipinski definition) is 7. The Morgan fingerprint density at radius 1 is 0.844 bits per heavy atom. The lowest BCUT2D eigenvalue weighted by Gasteiger charge is -2.20. The molecular weight excluding hydrogens is 406 g/mol. The van der Waals surface area contributed by atoms with Crippen molar-refractivity contribution in [3.05, 3.63) is 78.4 Å². The van der Waals surface area contributed by atoms with Gasteiger partial charge in [0.1, 0.15) is 6.26 Å². The van der Waals surface area contributed by atoms with E-state index in [4.69, 9.17) is 8.94 Å². The molecule has 4 aromatic rings. The van der Waals surface area contributed by atoms with Gasteiger partial charge in [-0.15, -0.1) is 0 Å². The third-order valence-electron chi connectivity index (χ3n) is 5.47. The maximum Gasteiger partial charge on any atom is 0.275 e. The van der Waals surface area contributed by atoms with Gasteiger partial charge in [0.25, 0.3) is 11.8 Å². The summed E-state index contributed by atoms with van der Waals surface area (Å²) in [5.74, 6) is 1.51. The summed E-state index contributed by atoms with van der Waals surface area (Å²) in [5, 5.41) is 4.12. The largest absolute Gasteiger partial charge is 0.444 e. The molecule has 0 bridgehead atoms. The number of oxazole rings is 1. The van der Waals surface area contributed by atoms with Crippen LogP contribution in [0.1, 0.15) is 22.7 Å². The Bertz CT molecular complexity index is 1170. The standard InChI is InChI=1S/C24H23N5O3/c30-24(20-17-31-22(25-20)18-8-3-1-4-9-18)29-13-7-12-28(14-15-29)16-21-26-23(32-27-21)19-10-5-2-6-11-19/h1-6,8-11,17H,7,12-16H2. The number of rotatable bonds is 5. The minimum atomic E-state index is -0.108. The number of nitrogens with zero attached hydrogens (tertiary/aromatic N) is 5. The number of amides is 1. The molecule has 1 aliphatic heterocycles. The summed E-state index contributed by atoms with van der Waals surface area (Å²) in [4.78, 5) is 26.0. The lowest BCUT2D eigenvalue weighted by atomic mass is 10.2. The van der Waals surface area contributed by atoms with Crippen molar-refractivity contribution in [1.29, 1.82) is 0 Å². The number of carbonyl (C=O) groups is 1. The maximum atomic E-state index is 13.0. The van der Waals surface area contributed by atoms with E-state index in [0.29, 0.717) is 42.9 Å². The van der Waals surface area contributed by atoms with Gasteiger partial charge >= 0.3 is 0 Å². The number of hydrogen-bond donors (Lipinski definition) is 0. The van der Waals surface area contributed by atoms with E-state index >= 15 is 0 Å². The van der Waals surface area contributed by atoms with E-state index in [1.807, 2.05) is 65.6 Å². The summed E-state index contributed by atoms with van der Waals surface area (Å²) < 4.78 is 10.9. The highest BCUT2D eigenvalue weighted by molar-refractivity contribution is 5.92. The Balaban J connectivity index is 1.20. The van der Waals surface area contributed by atoms with Gasteiger partial charge in [-0.05, 0) is 30.7 Å². The monoisotopic (exact) mass is 429 g/mol. The average Bonchev–Trinajstić information content (AvgIpc) is 3.46. The van der Waals surface area contributed by atoms with Crippen LogP contribution in [-0.2, 0) is 6.54 Å². The molecule has 5 rings (SSSR count). The molecule has 2 aromatic carbocycles. The van der Waals surface area contributed by atoms with E-state index in [0.717, 1.165) is 30.6 Å². The molecule has 0 atom stereocenters. The molecular formula is C24H23N5O3. The second-order valence-electron chi connectivity index (χ2n) is 7.71. The van der Waals surface area contributed by atoms with Crippen LogP contribution >= 0.6 is 0 Å². The molecule has 32 heavy (non-hydrogen) atoms. The Labute approximate surface area is 185 Å². The second kappa shape index (κ2) is 9.15. The van der Waals surface area contributed by atoms with Crippen molar-refractivity contribution >= 4 is 5.91 Å². The van der Waals surface area contributed by atoms with E-state index in [1.165, 1.54) is 6.26 Å². The van der Waals surface area contributed by atoms with Gasteiger partial charge in [-0.3, -0.25) is 9.69 Å². The topological polar surface area (TPSA) is 88.5 Å². The van der Waals surface area contributed by atoms with Gasteiger partial charge in [0.2, 0.25) is 5.89 Å². The Kier molecular flexibility index (Phi) is 5.76. The van der Waals surface area contributed by atoms with Crippen LogP contribution in [0.15, 0.2) is 75.9 Å². The minimum Gasteiger partial charge on any atom is -0.444 e. The molecule has 0 unspecified atom stereocenters. The molecule has 0 saturated carbocycles. The maximum absolute atomic E-state index is 13.0. The van der Waals surface area contributed by atoms with Crippen LogP contribution in [0.5, 0.6) is 0 Å². The first-order valence-electron chi connectivity index (χ1n) is 10.7. The van der Waals surface area contributed by atoms with E-state index in [1.54, 1.807) is 0 Å². The zero-order chi connectivity index (χ0) is 21.8. The van der Waals surface area contributed by atoms with E-state index in [-0.39, 0.29) is 5.91 Å². The van der Waals surface area contributed by atoms with E-state index < -0.39 is 0 Å². The van der Waals surface area contributed by atoms with Crippen LogP contribution < -0.4 is 0 Å². The second-order valence-corrected chi connectivity index (χ2v) is 7.71. The smallest absolute Gasteiger partial charge is 0.275 e. The average molecular weight is 429 g/mol. The molecule has 0 radical (unpaired) electrons. The Hall–Kier alpha value is -3.78. The fourth-order valence-corrected chi connectivity index (χ4v) is 3.80. The van der Waals surface area contributed by atoms with Crippen LogP contribution in [0.25, 0.3) is 22.9 Å². The summed E-state index contributed by atoms with van der Waals surface area (Å²) >= 11 is 0. The normalized spacial score (nSPS) is 14.9. The third-order valence-corrected chi connectivity index (χ3v) is 5.47. The van der Waals surface area contributed by atoms with E-state index in [9.17, 15) is 4.79 Å². The van der Waals surface area contributed by atoms with Crippen LogP contribution in [-0.4, -0.2) is 57.0 Å². The first-order chi connectivity index (χ1) is 15.8. The molecule has 2 aromatic heterocycles. The first-order valence-corrected chi connectivity index (χ1v) is 10.7. The van der Waals surface area contributed by atoms with Gasteiger partial charge in [-0.1, -0.05) is 41.6 Å². The minimum absolute atomic E-state index is 0.108. The molecule has 0 N–H and O–H groups in total. The fraction of sp³-hybridized carbons (Fsp3) is 0.250. The lowest BCUT2D eigenvalue weighted by molar-refractivity contribution is 0.0755. The number of carbonyl (C=O) groups excluding carboxylic acids is 1. The summed E-state index contributed by atoms with van der Waals surface area (Å²) in [6.45, 7) is 3.44. The quantitative estimate of drug-likeness (QED) is 0.477. The first kappa shape index (κ1) is 20.1. The molecule has 162 valence electrons. The van der Waals surface area contributed by atoms with Crippen molar-refractivity contribution in [2.75, 3.05) is 26.2 Å². The number of aromatic nitrogens is 3. The molecule has 8 nitrogen and oxygen atoms in total. The molecule has 3 heterocycles. The molecule has 0 aliphatic carbocycles. The zero-order valence-corrected chi connectivity index (χ0v) is 17.6. The predicted octanol–water partition coefficient (Wildman–Crippen LogP) is 3.74. The van der Waals surface area contributed by atoms with Gasteiger partial charge in [-0.2, -0.15) is 4.98 Å². The molecule has 1 aliphatic rings. The predicted molar refractivity (Wildman–Crippen MR) is 117 cm³/mol. The summed E-state index contributed by atoms with van der Waals surface area (Å²) in [6, 6.07) is 19.3. The van der Waals surface area contributed by atoms with Gasteiger partial charge in [0, 0.05) is 37.3 Å². The van der Waals surface area contributed by atoms with E-state index in [2.05, 4.69) is 20.0 Å². The number of benzene rings is 2. The fourth-order valence-electron chi connectivity index (χ4n) is 3.80. The van der Waals surface area contributed by atoms with Crippen molar-refractivity contribution in [2.45, 2.75) is 13.0 Å². The van der Waals surface area contributed by atoms with Crippen LogP contribution in [0.3, 0.4) is 0 Å².